The van der Waals surface area contributed by atoms with E-state index in [1.54, 1.807) is 0 Å². The van der Waals surface area contributed by atoms with Crippen LogP contribution in [0.5, 0.6) is 0 Å². The van der Waals surface area contributed by atoms with E-state index in [0.717, 1.165) is 5.92 Å². The van der Waals surface area contributed by atoms with E-state index in [2.05, 4.69) is 22.6 Å². The molecule has 0 bridgehead atoms. The van der Waals surface area contributed by atoms with Crippen LogP contribution in [-0.4, -0.2) is 19.3 Å². The summed E-state index contributed by atoms with van der Waals surface area (Å²) >= 11 is 3.02. The van der Waals surface area contributed by atoms with Crippen molar-refractivity contribution in [2.75, 3.05) is 13.3 Å². The van der Waals surface area contributed by atoms with Gasteiger partial charge in [0.25, 0.3) is 0 Å². The monoisotopic (exact) mass is 352 g/mol. The van der Waals surface area contributed by atoms with Crippen molar-refractivity contribution in [2.24, 2.45) is 11.7 Å². The fraction of sp³-hybridized carbons (Fsp3) is 1.00. The molecule has 0 aromatic carbocycles. The normalized spacial score (nSPS) is 37.6. The Balaban J connectivity index is 2.30. The SMILES string of the molecule is NC1CC[I-]C[C@@H]1CI. The number of nitrogens with two attached hydrogens (primary N) is 1. The number of alkyl halides is 3. The second-order valence-electron chi connectivity index (χ2n) is 2.40. The maximum atomic E-state index is 5.90. The molecular weight excluding hydrogens is 340 g/mol. The maximum absolute atomic E-state index is 5.90. The van der Waals surface area contributed by atoms with Crippen molar-refractivity contribution in [1.82, 2.24) is 0 Å². The zero-order chi connectivity index (χ0) is 6.69. The summed E-state index contributed by atoms with van der Waals surface area (Å²) < 4.78 is 4.22. The molecule has 0 radical (unpaired) electrons. The molecule has 1 heterocycles. The first-order valence-electron chi connectivity index (χ1n) is 3.19. The molecule has 2 atom stereocenters. The average Bonchev–Trinajstić information content (AvgIpc) is 1.89. The molecule has 1 fully saturated rings. The summed E-state index contributed by atoms with van der Waals surface area (Å²) in [4.78, 5) is 0. The molecular formula is C6H12I2N-. The minimum absolute atomic E-state index is 0.537. The Hall–Kier alpha value is 1.42. The van der Waals surface area contributed by atoms with Crippen LogP contribution in [0.25, 0.3) is 0 Å². The number of halogens is 2. The van der Waals surface area contributed by atoms with Crippen LogP contribution < -0.4 is 26.9 Å². The Bertz CT molecular complexity index is 87.1. The van der Waals surface area contributed by atoms with Crippen molar-refractivity contribution >= 4 is 22.6 Å². The van der Waals surface area contributed by atoms with Crippen LogP contribution >= 0.6 is 22.6 Å². The molecule has 1 aliphatic heterocycles. The molecule has 0 saturated carbocycles. The molecule has 2 N–H and O–H groups in total. The molecule has 9 heavy (non-hydrogen) atoms. The summed E-state index contributed by atoms with van der Waals surface area (Å²) in [5, 5.41) is 0. The van der Waals surface area contributed by atoms with Crippen molar-refractivity contribution in [3.63, 3.8) is 0 Å². The van der Waals surface area contributed by atoms with Crippen LogP contribution in [0, 0.1) is 5.92 Å². The average molecular weight is 352 g/mol. The van der Waals surface area contributed by atoms with E-state index in [0.29, 0.717) is 27.2 Å². The quantitative estimate of drug-likeness (QED) is 0.423. The topological polar surface area (TPSA) is 26.0 Å². The Morgan fingerprint density at radius 1 is 1.67 bits per heavy atom. The number of rotatable bonds is 1. The minimum atomic E-state index is 0.537. The predicted octanol–water partition coefficient (Wildman–Crippen LogP) is -2.14. The number of hydrogen-bond acceptors (Lipinski definition) is 1. The summed E-state index contributed by atoms with van der Waals surface area (Å²) in [7, 11) is 0. The van der Waals surface area contributed by atoms with Crippen LogP contribution in [0.3, 0.4) is 0 Å². The second kappa shape index (κ2) is 4.33. The van der Waals surface area contributed by atoms with Gasteiger partial charge in [0.1, 0.15) is 0 Å². The third-order valence-corrected chi connectivity index (χ3v) is 5.96. The Kier molecular flexibility index (Phi) is 4.10. The van der Waals surface area contributed by atoms with Gasteiger partial charge in [-0.2, -0.15) is 0 Å². The van der Waals surface area contributed by atoms with E-state index in [9.17, 15) is 0 Å². The van der Waals surface area contributed by atoms with Crippen molar-refractivity contribution < 1.29 is 21.2 Å². The fourth-order valence-electron chi connectivity index (χ4n) is 0.926. The molecule has 1 unspecified atom stereocenters. The Morgan fingerprint density at radius 3 is 2.89 bits per heavy atom. The van der Waals surface area contributed by atoms with Gasteiger partial charge < -0.3 is 0 Å². The molecule has 1 saturated heterocycles. The molecule has 1 nitrogen and oxygen atoms in total. The van der Waals surface area contributed by atoms with Gasteiger partial charge in [-0.05, 0) is 0 Å². The Labute approximate surface area is 80.5 Å². The van der Waals surface area contributed by atoms with Crippen LogP contribution in [0.4, 0.5) is 0 Å². The molecule has 3 heteroatoms. The summed E-state index contributed by atoms with van der Waals surface area (Å²) in [6.45, 7) is 0. The van der Waals surface area contributed by atoms with Gasteiger partial charge in [0.05, 0.1) is 0 Å². The fourth-order valence-corrected chi connectivity index (χ4v) is 6.45. The van der Waals surface area contributed by atoms with Gasteiger partial charge >= 0.3 is 81.2 Å². The van der Waals surface area contributed by atoms with Gasteiger partial charge in [0.2, 0.25) is 0 Å². The van der Waals surface area contributed by atoms with Crippen LogP contribution in [0.2, 0.25) is 0 Å². The van der Waals surface area contributed by atoms with Gasteiger partial charge in [-0.15, -0.1) is 0 Å². The first-order valence-corrected chi connectivity index (χ1v) is 7.77. The van der Waals surface area contributed by atoms with Gasteiger partial charge in [-0.3, -0.25) is 0 Å². The van der Waals surface area contributed by atoms with Crippen molar-refractivity contribution in [3.05, 3.63) is 0 Å². The zero-order valence-corrected chi connectivity index (χ0v) is 9.63. The summed E-state index contributed by atoms with van der Waals surface area (Å²) in [5.74, 6) is 0.868. The number of hydrogen-bond donors (Lipinski definition) is 1. The summed E-state index contributed by atoms with van der Waals surface area (Å²) in [6, 6.07) is 0.537. The Morgan fingerprint density at radius 2 is 2.44 bits per heavy atom. The molecule has 1 rings (SSSR count). The van der Waals surface area contributed by atoms with E-state index in [-0.39, 0.29) is 0 Å². The molecule has 56 valence electrons. The standard InChI is InChI=1S/C6H12I2N/c7-3-5-4-8-2-1-6(5)9/h5-6H,1-4,9H2/q-1/t5-,6?/m0/s1. The zero-order valence-electron chi connectivity index (χ0n) is 5.32. The van der Waals surface area contributed by atoms with E-state index in [4.69, 9.17) is 5.73 Å². The van der Waals surface area contributed by atoms with Crippen LogP contribution in [0.15, 0.2) is 0 Å². The third-order valence-electron chi connectivity index (χ3n) is 1.69. The van der Waals surface area contributed by atoms with Crippen molar-refractivity contribution in [1.29, 1.82) is 0 Å². The molecule has 0 spiro atoms. The van der Waals surface area contributed by atoms with Crippen molar-refractivity contribution in [2.45, 2.75) is 12.5 Å². The van der Waals surface area contributed by atoms with Crippen molar-refractivity contribution in [3.8, 4) is 0 Å². The molecule has 0 amide bonds. The van der Waals surface area contributed by atoms with Crippen LogP contribution in [-0.2, 0) is 0 Å². The van der Waals surface area contributed by atoms with E-state index >= 15 is 0 Å². The third kappa shape index (κ3) is 2.49. The molecule has 0 aliphatic carbocycles. The second-order valence-corrected chi connectivity index (χ2v) is 6.32. The van der Waals surface area contributed by atoms with Gasteiger partial charge in [0, 0.05) is 0 Å². The predicted molar refractivity (Wildman–Crippen MR) is 44.7 cm³/mol. The molecule has 1 aliphatic rings. The molecule has 0 aromatic rings. The first kappa shape index (κ1) is 8.52. The summed E-state index contributed by atoms with van der Waals surface area (Å²) in [6.07, 6.45) is 1.31. The van der Waals surface area contributed by atoms with Gasteiger partial charge in [-0.25, -0.2) is 0 Å². The van der Waals surface area contributed by atoms with Gasteiger partial charge in [-0.1, -0.05) is 0 Å². The first-order chi connectivity index (χ1) is 4.34. The van der Waals surface area contributed by atoms with E-state index < -0.39 is 0 Å². The summed E-state index contributed by atoms with van der Waals surface area (Å²) in [5.41, 5.74) is 5.90. The van der Waals surface area contributed by atoms with Gasteiger partial charge in [0.15, 0.2) is 0 Å². The van der Waals surface area contributed by atoms with Crippen LogP contribution in [0.1, 0.15) is 6.42 Å². The molecule has 0 aromatic heterocycles. The van der Waals surface area contributed by atoms with E-state index in [1.807, 2.05) is 0 Å². The van der Waals surface area contributed by atoms with E-state index in [1.165, 1.54) is 19.7 Å².